The van der Waals surface area contributed by atoms with Crippen LogP contribution in [0.4, 0.5) is 11.5 Å². The quantitative estimate of drug-likeness (QED) is 0.943. The molecule has 0 aromatic carbocycles. The Bertz CT molecular complexity index is 628. The van der Waals surface area contributed by atoms with Gasteiger partial charge in [0.1, 0.15) is 11.5 Å². The van der Waals surface area contributed by atoms with E-state index in [0.717, 1.165) is 37.4 Å². The fraction of sp³-hybridized carbons (Fsp3) is 0.438. The first-order chi connectivity index (χ1) is 10.7. The Balaban J connectivity index is 1.66. The molecule has 1 aliphatic rings. The van der Waals surface area contributed by atoms with Crippen LogP contribution in [0.5, 0.6) is 0 Å². The van der Waals surface area contributed by atoms with Crippen molar-refractivity contribution in [3.05, 3.63) is 35.9 Å². The van der Waals surface area contributed by atoms with Crippen LogP contribution < -0.4 is 5.32 Å². The van der Waals surface area contributed by atoms with Crippen molar-refractivity contribution in [3.8, 4) is 0 Å². The van der Waals surface area contributed by atoms with Crippen molar-refractivity contribution < 1.29 is 9.32 Å². The van der Waals surface area contributed by atoms with Gasteiger partial charge in [-0.1, -0.05) is 18.0 Å². The zero-order chi connectivity index (χ0) is 15.4. The first-order valence-corrected chi connectivity index (χ1v) is 7.68. The molecule has 0 atom stereocenters. The van der Waals surface area contributed by atoms with Crippen LogP contribution in [-0.4, -0.2) is 34.0 Å². The predicted molar refractivity (Wildman–Crippen MR) is 83.1 cm³/mol. The maximum absolute atomic E-state index is 12.4. The number of carbonyl (C=O) groups is 1. The average Bonchev–Trinajstić information content (AvgIpc) is 2.78. The third-order valence-corrected chi connectivity index (χ3v) is 3.78. The summed E-state index contributed by atoms with van der Waals surface area (Å²) < 4.78 is 5.00. The van der Waals surface area contributed by atoms with Gasteiger partial charge in [0.2, 0.25) is 0 Å². The van der Waals surface area contributed by atoms with Gasteiger partial charge in [-0.25, -0.2) is 4.98 Å². The lowest BCUT2D eigenvalue weighted by Gasteiger charge is -2.19. The van der Waals surface area contributed by atoms with Crippen LogP contribution in [-0.2, 0) is 0 Å². The fourth-order valence-corrected chi connectivity index (χ4v) is 2.60. The van der Waals surface area contributed by atoms with E-state index in [0.29, 0.717) is 11.5 Å². The first kappa shape index (κ1) is 14.6. The predicted octanol–water partition coefficient (Wildman–Crippen LogP) is 3.14. The van der Waals surface area contributed by atoms with Gasteiger partial charge in [0.25, 0.3) is 5.91 Å². The molecular weight excluding hydrogens is 280 g/mol. The maximum atomic E-state index is 12.4. The molecule has 1 N–H and O–H groups in total. The smallest absolute Gasteiger partial charge is 0.272 e. The van der Waals surface area contributed by atoms with Gasteiger partial charge in [-0.05, 0) is 31.9 Å². The third kappa shape index (κ3) is 3.44. The highest BCUT2D eigenvalue weighted by molar-refractivity contribution is 5.92. The molecule has 6 heteroatoms. The Morgan fingerprint density at radius 1 is 1.23 bits per heavy atom. The van der Waals surface area contributed by atoms with Gasteiger partial charge in [-0.15, -0.1) is 0 Å². The van der Waals surface area contributed by atoms with Crippen molar-refractivity contribution in [3.63, 3.8) is 0 Å². The van der Waals surface area contributed by atoms with E-state index in [4.69, 9.17) is 4.52 Å². The van der Waals surface area contributed by atoms with E-state index in [1.807, 2.05) is 17.9 Å². The Kier molecular flexibility index (Phi) is 4.37. The number of amides is 1. The number of hydrogen-bond donors (Lipinski definition) is 1. The van der Waals surface area contributed by atoms with Crippen molar-refractivity contribution in [2.75, 3.05) is 18.4 Å². The van der Waals surface area contributed by atoms with Crippen molar-refractivity contribution in [2.45, 2.75) is 32.6 Å². The van der Waals surface area contributed by atoms with Crippen LogP contribution in [0.3, 0.4) is 0 Å². The molecule has 0 unspecified atom stereocenters. The molecule has 0 bridgehead atoms. The number of aryl methyl sites for hydroxylation is 1. The van der Waals surface area contributed by atoms with Crippen molar-refractivity contribution >= 4 is 17.4 Å². The molecule has 2 aromatic rings. The van der Waals surface area contributed by atoms with E-state index in [1.54, 1.807) is 18.3 Å². The SMILES string of the molecule is Cc1cc(Nc2ccc(C(=O)N3CCCCCC3)nc2)no1. The normalized spacial score (nSPS) is 15.4. The number of carbonyl (C=O) groups excluding carboxylic acids is 1. The highest BCUT2D eigenvalue weighted by Crippen LogP contribution is 2.17. The second kappa shape index (κ2) is 6.60. The van der Waals surface area contributed by atoms with E-state index < -0.39 is 0 Å². The molecule has 116 valence electrons. The van der Waals surface area contributed by atoms with Gasteiger partial charge >= 0.3 is 0 Å². The molecular formula is C16H20N4O2. The van der Waals surface area contributed by atoms with E-state index in [2.05, 4.69) is 15.5 Å². The molecule has 6 nitrogen and oxygen atoms in total. The zero-order valence-electron chi connectivity index (χ0n) is 12.7. The largest absolute Gasteiger partial charge is 0.360 e. The van der Waals surface area contributed by atoms with Crippen molar-refractivity contribution in [2.24, 2.45) is 0 Å². The molecule has 22 heavy (non-hydrogen) atoms. The molecule has 0 saturated carbocycles. The van der Waals surface area contributed by atoms with Crippen LogP contribution in [0.25, 0.3) is 0 Å². The molecule has 0 radical (unpaired) electrons. The van der Waals surface area contributed by atoms with Gasteiger partial charge in [0.15, 0.2) is 5.82 Å². The summed E-state index contributed by atoms with van der Waals surface area (Å²) in [5.74, 6) is 1.39. The molecule has 3 heterocycles. The second-order valence-electron chi connectivity index (χ2n) is 5.59. The lowest BCUT2D eigenvalue weighted by molar-refractivity contribution is 0.0756. The lowest BCUT2D eigenvalue weighted by atomic mass is 10.2. The molecule has 1 aliphatic heterocycles. The summed E-state index contributed by atoms with van der Waals surface area (Å²) in [6.07, 6.45) is 6.22. The van der Waals surface area contributed by atoms with Gasteiger partial charge in [0, 0.05) is 19.2 Å². The molecule has 1 fully saturated rings. The van der Waals surface area contributed by atoms with E-state index in [1.165, 1.54) is 12.8 Å². The zero-order valence-corrected chi connectivity index (χ0v) is 12.7. The minimum absolute atomic E-state index is 0.0192. The van der Waals surface area contributed by atoms with E-state index in [-0.39, 0.29) is 5.91 Å². The highest BCUT2D eigenvalue weighted by atomic mass is 16.5. The summed E-state index contributed by atoms with van der Waals surface area (Å²) in [5, 5.41) is 6.95. The van der Waals surface area contributed by atoms with Gasteiger partial charge in [-0.3, -0.25) is 4.79 Å². The maximum Gasteiger partial charge on any atom is 0.272 e. The Labute approximate surface area is 129 Å². The van der Waals surface area contributed by atoms with Gasteiger partial charge in [-0.2, -0.15) is 0 Å². The Hall–Kier alpha value is -2.37. The van der Waals surface area contributed by atoms with Crippen LogP contribution in [0.1, 0.15) is 41.9 Å². The number of likely N-dealkylation sites (tertiary alicyclic amines) is 1. The molecule has 2 aromatic heterocycles. The summed E-state index contributed by atoms with van der Waals surface area (Å²) in [7, 11) is 0. The summed E-state index contributed by atoms with van der Waals surface area (Å²) in [4.78, 5) is 18.6. The van der Waals surface area contributed by atoms with Crippen LogP contribution in [0.15, 0.2) is 28.9 Å². The number of hydrogen-bond acceptors (Lipinski definition) is 5. The number of aromatic nitrogens is 2. The topological polar surface area (TPSA) is 71.3 Å². The van der Waals surface area contributed by atoms with Crippen LogP contribution in [0, 0.1) is 6.92 Å². The first-order valence-electron chi connectivity index (χ1n) is 7.68. The monoisotopic (exact) mass is 300 g/mol. The number of nitrogens with zero attached hydrogens (tertiary/aromatic N) is 3. The number of pyridine rings is 1. The number of nitrogens with one attached hydrogen (secondary N) is 1. The fourth-order valence-electron chi connectivity index (χ4n) is 2.60. The summed E-state index contributed by atoms with van der Waals surface area (Å²) in [6.45, 7) is 3.50. The van der Waals surface area contributed by atoms with E-state index in [9.17, 15) is 4.79 Å². The second-order valence-corrected chi connectivity index (χ2v) is 5.59. The van der Waals surface area contributed by atoms with Crippen molar-refractivity contribution in [1.82, 2.24) is 15.0 Å². The Morgan fingerprint density at radius 2 is 2.00 bits per heavy atom. The lowest BCUT2D eigenvalue weighted by Crippen LogP contribution is -2.32. The van der Waals surface area contributed by atoms with Gasteiger partial charge in [0.05, 0.1) is 11.9 Å². The minimum Gasteiger partial charge on any atom is -0.360 e. The molecule has 0 spiro atoms. The molecule has 1 amide bonds. The molecule has 0 aliphatic carbocycles. The van der Waals surface area contributed by atoms with E-state index >= 15 is 0 Å². The highest BCUT2D eigenvalue weighted by Gasteiger charge is 2.18. The summed E-state index contributed by atoms with van der Waals surface area (Å²) in [5.41, 5.74) is 1.27. The van der Waals surface area contributed by atoms with Crippen LogP contribution in [0.2, 0.25) is 0 Å². The number of anilines is 2. The minimum atomic E-state index is 0.0192. The molecule has 3 rings (SSSR count). The standard InChI is InChI=1S/C16H20N4O2/c1-12-10-15(19-22-12)18-13-6-7-14(17-11-13)16(21)20-8-4-2-3-5-9-20/h6-7,10-11H,2-5,8-9H2,1H3,(H,18,19). The molecule has 1 saturated heterocycles. The average molecular weight is 300 g/mol. The summed E-state index contributed by atoms with van der Waals surface area (Å²) in [6, 6.07) is 5.39. The Morgan fingerprint density at radius 3 is 2.59 bits per heavy atom. The van der Waals surface area contributed by atoms with Gasteiger partial charge < -0.3 is 14.7 Å². The van der Waals surface area contributed by atoms with Crippen molar-refractivity contribution in [1.29, 1.82) is 0 Å². The number of rotatable bonds is 3. The summed E-state index contributed by atoms with van der Waals surface area (Å²) >= 11 is 0. The third-order valence-electron chi connectivity index (χ3n) is 3.78. The van der Waals surface area contributed by atoms with Crippen LogP contribution >= 0.6 is 0 Å².